The van der Waals surface area contributed by atoms with E-state index in [9.17, 15) is 9.59 Å². The summed E-state index contributed by atoms with van der Waals surface area (Å²) in [5.74, 6) is -0.177. The second-order valence-corrected chi connectivity index (χ2v) is 4.81. The average molecular weight is 260 g/mol. The van der Waals surface area contributed by atoms with Gasteiger partial charge in [0.15, 0.2) is 0 Å². The number of fused-ring (bicyclic) bond motifs is 1. The van der Waals surface area contributed by atoms with Crippen LogP contribution < -0.4 is 16.0 Å². The van der Waals surface area contributed by atoms with E-state index in [-0.39, 0.29) is 18.4 Å². The molecule has 0 aliphatic carbocycles. The van der Waals surface area contributed by atoms with Gasteiger partial charge in [0.25, 0.3) is 0 Å². The minimum absolute atomic E-state index is 0.177. The SMILES string of the molecule is Nc1ccc2c(c1)CC(=O)N2C(=O)N1CCNCC1. The Morgan fingerprint density at radius 3 is 2.74 bits per heavy atom. The van der Waals surface area contributed by atoms with Gasteiger partial charge in [-0.3, -0.25) is 4.79 Å². The third-order valence-electron chi connectivity index (χ3n) is 3.51. The number of nitrogen functional groups attached to an aromatic ring is 1. The molecule has 6 nitrogen and oxygen atoms in total. The number of piperazine rings is 1. The smallest absolute Gasteiger partial charge is 0.331 e. The van der Waals surface area contributed by atoms with Gasteiger partial charge in [-0.2, -0.15) is 0 Å². The summed E-state index contributed by atoms with van der Waals surface area (Å²) in [6, 6.07) is 5.00. The molecule has 3 amide bonds. The number of carbonyl (C=O) groups is 2. The fourth-order valence-corrected chi connectivity index (χ4v) is 2.55. The molecule has 1 saturated heterocycles. The Kier molecular flexibility index (Phi) is 2.87. The highest BCUT2D eigenvalue weighted by molar-refractivity contribution is 6.18. The van der Waals surface area contributed by atoms with Crippen LogP contribution in [0.2, 0.25) is 0 Å². The molecule has 1 aromatic carbocycles. The summed E-state index contributed by atoms with van der Waals surface area (Å²) in [7, 11) is 0. The van der Waals surface area contributed by atoms with E-state index in [4.69, 9.17) is 5.73 Å². The number of nitrogens with one attached hydrogen (secondary N) is 1. The van der Waals surface area contributed by atoms with E-state index in [0.29, 0.717) is 24.5 Å². The van der Waals surface area contributed by atoms with Crippen molar-refractivity contribution in [3.8, 4) is 0 Å². The number of nitrogens with two attached hydrogens (primary N) is 1. The number of urea groups is 1. The molecule has 3 N–H and O–H groups in total. The molecule has 0 aromatic heterocycles. The number of carbonyl (C=O) groups excluding carboxylic acids is 2. The molecule has 0 spiro atoms. The van der Waals surface area contributed by atoms with Gasteiger partial charge >= 0.3 is 6.03 Å². The number of amides is 3. The van der Waals surface area contributed by atoms with E-state index >= 15 is 0 Å². The minimum Gasteiger partial charge on any atom is -0.399 e. The molecule has 0 radical (unpaired) electrons. The first kappa shape index (κ1) is 12.0. The Balaban J connectivity index is 1.89. The molecular formula is C13H16N4O2. The summed E-state index contributed by atoms with van der Waals surface area (Å²) in [6.45, 7) is 2.80. The van der Waals surface area contributed by atoms with Crippen LogP contribution in [0, 0.1) is 0 Å². The van der Waals surface area contributed by atoms with Gasteiger partial charge in [0.1, 0.15) is 0 Å². The first-order chi connectivity index (χ1) is 9.16. The highest BCUT2D eigenvalue weighted by atomic mass is 16.2. The molecule has 1 fully saturated rings. The first-order valence-electron chi connectivity index (χ1n) is 6.38. The van der Waals surface area contributed by atoms with Crippen LogP contribution in [-0.4, -0.2) is 43.0 Å². The predicted molar refractivity (Wildman–Crippen MR) is 71.9 cm³/mol. The maximum atomic E-state index is 12.4. The summed E-state index contributed by atoms with van der Waals surface area (Å²) in [6.07, 6.45) is 0.248. The number of hydrogen-bond donors (Lipinski definition) is 2. The van der Waals surface area contributed by atoms with E-state index in [2.05, 4.69) is 5.32 Å². The van der Waals surface area contributed by atoms with Crippen molar-refractivity contribution in [1.29, 1.82) is 0 Å². The van der Waals surface area contributed by atoms with Crippen LogP contribution in [0.4, 0.5) is 16.2 Å². The Hall–Kier alpha value is -2.08. The quantitative estimate of drug-likeness (QED) is 0.652. The lowest BCUT2D eigenvalue weighted by atomic mass is 10.1. The molecule has 3 rings (SSSR count). The van der Waals surface area contributed by atoms with Crippen LogP contribution in [0.5, 0.6) is 0 Å². The third-order valence-corrected chi connectivity index (χ3v) is 3.51. The van der Waals surface area contributed by atoms with E-state index < -0.39 is 0 Å². The van der Waals surface area contributed by atoms with Crippen LogP contribution >= 0.6 is 0 Å². The Labute approximate surface area is 111 Å². The maximum absolute atomic E-state index is 12.4. The van der Waals surface area contributed by atoms with Gasteiger partial charge in [0.05, 0.1) is 12.1 Å². The maximum Gasteiger partial charge on any atom is 0.331 e. The third kappa shape index (κ3) is 2.04. The zero-order valence-corrected chi connectivity index (χ0v) is 10.6. The van der Waals surface area contributed by atoms with Gasteiger partial charge < -0.3 is 16.0 Å². The van der Waals surface area contributed by atoms with Gasteiger partial charge in [0, 0.05) is 31.9 Å². The van der Waals surface area contributed by atoms with E-state index in [1.54, 1.807) is 23.1 Å². The molecule has 0 unspecified atom stereocenters. The predicted octanol–water partition coefficient (Wildman–Crippen LogP) is 0.183. The molecule has 6 heteroatoms. The van der Waals surface area contributed by atoms with E-state index in [1.807, 2.05) is 0 Å². The lowest BCUT2D eigenvalue weighted by Crippen LogP contribution is -2.52. The minimum atomic E-state index is -0.227. The van der Waals surface area contributed by atoms with Crippen molar-refractivity contribution in [3.05, 3.63) is 23.8 Å². The second kappa shape index (κ2) is 4.55. The fraction of sp³-hybridized carbons (Fsp3) is 0.385. The Bertz CT molecular complexity index is 537. The van der Waals surface area contributed by atoms with Gasteiger partial charge in [-0.25, -0.2) is 9.69 Å². The zero-order valence-electron chi connectivity index (χ0n) is 10.6. The van der Waals surface area contributed by atoms with Crippen LogP contribution in [0.3, 0.4) is 0 Å². The van der Waals surface area contributed by atoms with Crippen LogP contribution in [0.15, 0.2) is 18.2 Å². The Morgan fingerprint density at radius 1 is 1.26 bits per heavy atom. The lowest BCUT2D eigenvalue weighted by Gasteiger charge is -2.30. The topological polar surface area (TPSA) is 78.7 Å². The number of rotatable bonds is 0. The standard InChI is InChI=1S/C13H16N4O2/c14-10-1-2-11-9(7-10)8-12(18)17(11)13(19)16-5-3-15-4-6-16/h1-2,7,15H,3-6,8,14H2. The highest BCUT2D eigenvalue weighted by Gasteiger charge is 2.35. The molecular weight excluding hydrogens is 244 g/mol. The van der Waals surface area contributed by atoms with Gasteiger partial charge in [0.2, 0.25) is 5.91 Å². The molecule has 19 heavy (non-hydrogen) atoms. The van der Waals surface area contributed by atoms with Crippen molar-refractivity contribution in [2.24, 2.45) is 0 Å². The summed E-state index contributed by atoms with van der Waals surface area (Å²) >= 11 is 0. The summed E-state index contributed by atoms with van der Waals surface area (Å²) < 4.78 is 0. The van der Waals surface area contributed by atoms with Gasteiger partial charge in [-0.05, 0) is 23.8 Å². The normalized spacial score (nSPS) is 18.6. The molecule has 2 aliphatic rings. The number of hydrogen-bond acceptors (Lipinski definition) is 4. The van der Waals surface area contributed by atoms with Gasteiger partial charge in [-0.1, -0.05) is 0 Å². The summed E-state index contributed by atoms with van der Waals surface area (Å²) in [4.78, 5) is 27.5. The molecule has 1 aromatic rings. The highest BCUT2D eigenvalue weighted by Crippen LogP contribution is 2.31. The van der Waals surface area contributed by atoms with Crippen molar-refractivity contribution < 1.29 is 9.59 Å². The van der Waals surface area contributed by atoms with Crippen molar-refractivity contribution in [2.75, 3.05) is 36.8 Å². The first-order valence-corrected chi connectivity index (χ1v) is 6.38. The second-order valence-electron chi connectivity index (χ2n) is 4.81. The van der Waals surface area contributed by atoms with Gasteiger partial charge in [-0.15, -0.1) is 0 Å². The largest absolute Gasteiger partial charge is 0.399 e. The molecule has 0 atom stereocenters. The number of nitrogens with zero attached hydrogens (tertiary/aromatic N) is 2. The van der Waals surface area contributed by atoms with Crippen molar-refractivity contribution >= 4 is 23.3 Å². The lowest BCUT2D eigenvalue weighted by molar-refractivity contribution is -0.116. The summed E-state index contributed by atoms with van der Waals surface area (Å²) in [5.41, 5.74) is 7.82. The number of anilines is 2. The average Bonchev–Trinajstić information content (AvgIpc) is 2.74. The van der Waals surface area contributed by atoms with Crippen LogP contribution in [0.1, 0.15) is 5.56 Å². The monoisotopic (exact) mass is 260 g/mol. The van der Waals surface area contributed by atoms with Crippen molar-refractivity contribution in [3.63, 3.8) is 0 Å². The molecule has 0 bridgehead atoms. The number of benzene rings is 1. The molecule has 2 aliphatic heterocycles. The van der Waals surface area contributed by atoms with Crippen molar-refractivity contribution in [2.45, 2.75) is 6.42 Å². The van der Waals surface area contributed by atoms with E-state index in [0.717, 1.165) is 18.7 Å². The zero-order chi connectivity index (χ0) is 13.4. The molecule has 100 valence electrons. The Morgan fingerprint density at radius 2 is 2.00 bits per heavy atom. The summed E-state index contributed by atoms with van der Waals surface area (Å²) in [5, 5.41) is 3.18. The number of imide groups is 1. The molecule has 2 heterocycles. The fourth-order valence-electron chi connectivity index (χ4n) is 2.55. The van der Waals surface area contributed by atoms with E-state index in [1.165, 1.54) is 4.90 Å². The van der Waals surface area contributed by atoms with Crippen molar-refractivity contribution in [1.82, 2.24) is 10.2 Å². The van der Waals surface area contributed by atoms with Crippen LogP contribution in [-0.2, 0) is 11.2 Å². The van der Waals surface area contributed by atoms with Crippen LogP contribution in [0.25, 0.3) is 0 Å². The molecule has 0 saturated carbocycles.